The van der Waals surface area contributed by atoms with Crippen LogP contribution in [0.3, 0.4) is 0 Å². The van der Waals surface area contributed by atoms with E-state index in [9.17, 15) is 4.79 Å². The van der Waals surface area contributed by atoms with E-state index in [1.54, 1.807) is 0 Å². The molecule has 0 saturated heterocycles. The summed E-state index contributed by atoms with van der Waals surface area (Å²) in [4.78, 5) is 14.4. The second-order valence-electron chi connectivity index (χ2n) is 5.76. The van der Waals surface area contributed by atoms with Crippen molar-refractivity contribution in [3.8, 4) is 0 Å². The molecule has 3 heteroatoms. The minimum atomic E-state index is 0.298. The topological polar surface area (TPSA) is 46.3 Å². The first kappa shape index (κ1) is 14.9. The lowest BCUT2D eigenvalue weighted by atomic mass is 10.1. The molecule has 0 radical (unpaired) electrons. The fourth-order valence-electron chi connectivity index (χ4n) is 2.52. The Bertz CT molecular complexity index is 440. The number of amides is 1. The van der Waals surface area contributed by atoms with Crippen molar-refractivity contribution in [3.05, 3.63) is 29.8 Å². The fraction of sp³-hybridized carbons (Fsp3) is 0.588. The molecule has 110 valence electrons. The average Bonchev–Trinajstić information content (AvgIpc) is 3.27. The number of nitrogens with zero attached hydrogens (tertiary/aromatic N) is 1. The monoisotopic (exact) mass is 274 g/mol. The zero-order valence-electron chi connectivity index (χ0n) is 12.5. The summed E-state index contributed by atoms with van der Waals surface area (Å²) in [5.41, 5.74) is 7.85. The number of unbranched alkanes of at least 4 members (excludes halogenated alkanes) is 3. The van der Waals surface area contributed by atoms with Crippen LogP contribution in [0.15, 0.2) is 24.3 Å². The Hall–Kier alpha value is -1.51. The van der Waals surface area contributed by atoms with Crippen molar-refractivity contribution in [2.45, 2.75) is 64.5 Å². The van der Waals surface area contributed by atoms with E-state index in [4.69, 9.17) is 5.73 Å². The van der Waals surface area contributed by atoms with Crippen LogP contribution < -0.4 is 5.73 Å². The lowest BCUT2D eigenvalue weighted by Gasteiger charge is -2.23. The summed E-state index contributed by atoms with van der Waals surface area (Å²) >= 11 is 0. The third kappa shape index (κ3) is 4.26. The first-order chi connectivity index (χ1) is 9.72. The van der Waals surface area contributed by atoms with Crippen molar-refractivity contribution in [3.63, 3.8) is 0 Å². The van der Waals surface area contributed by atoms with Gasteiger partial charge in [0, 0.05) is 24.7 Å². The van der Waals surface area contributed by atoms with Gasteiger partial charge in [-0.25, -0.2) is 0 Å². The molecule has 1 aromatic carbocycles. The van der Waals surface area contributed by atoms with Gasteiger partial charge in [0.1, 0.15) is 0 Å². The molecule has 1 aliphatic carbocycles. The van der Waals surface area contributed by atoms with Crippen molar-refractivity contribution >= 4 is 11.6 Å². The Labute approximate surface area is 122 Å². The van der Waals surface area contributed by atoms with E-state index in [0.29, 0.717) is 24.9 Å². The minimum Gasteiger partial charge on any atom is -0.398 e. The van der Waals surface area contributed by atoms with Crippen LogP contribution in [0.1, 0.15) is 57.4 Å². The lowest BCUT2D eigenvalue weighted by molar-refractivity contribution is -0.132. The number of carbonyl (C=O) groups excluding carboxylic acids is 1. The normalized spacial score (nSPS) is 14.2. The second kappa shape index (κ2) is 7.32. The molecule has 2 N–H and O–H groups in total. The third-order valence-electron chi connectivity index (χ3n) is 3.95. The average molecular weight is 274 g/mol. The standard InChI is InChI=1S/C17H26N2O/c1-2-3-4-5-10-17(20)19(15-11-12-15)13-14-8-6-7-9-16(14)18/h6-9,15H,2-5,10-13,18H2,1H3. The minimum absolute atomic E-state index is 0.298. The highest BCUT2D eigenvalue weighted by Crippen LogP contribution is 2.30. The number of benzene rings is 1. The van der Waals surface area contributed by atoms with E-state index in [2.05, 4.69) is 6.92 Å². The Morgan fingerprint density at radius 2 is 2.00 bits per heavy atom. The molecule has 0 atom stereocenters. The number of nitrogen functional groups attached to an aromatic ring is 1. The molecular formula is C17H26N2O. The molecule has 3 nitrogen and oxygen atoms in total. The summed E-state index contributed by atoms with van der Waals surface area (Å²) in [6.07, 6.45) is 7.59. The molecule has 20 heavy (non-hydrogen) atoms. The van der Waals surface area contributed by atoms with Gasteiger partial charge in [-0.3, -0.25) is 4.79 Å². The van der Waals surface area contributed by atoms with Crippen LogP contribution in [0.5, 0.6) is 0 Å². The molecule has 1 aliphatic rings. The Balaban J connectivity index is 1.90. The van der Waals surface area contributed by atoms with Crippen molar-refractivity contribution in [1.29, 1.82) is 0 Å². The summed E-state index contributed by atoms with van der Waals surface area (Å²) in [7, 11) is 0. The second-order valence-corrected chi connectivity index (χ2v) is 5.76. The molecule has 1 aromatic rings. The number of hydrogen-bond donors (Lipinski definition) is 1. The molecular weight excluding hydrogens is 248 g/mol. The van der Waals surface area contributed by atoms with Crippen LogP contribution in [0, 0.1) is 0 Å². The Kier molecular flexibility index (Phi) is 5.45. The Morgan fingerprint density at radius 1 is 1.25 bits per heavy atom. The SMILES string of the molecule is CCCCCCC(=O)N(Cc1ccccc1N)C1CC1. The molecule has 0 aromatic heterocycles. The van der Waals surface area contributed by atoms with Gasteiger partial charge in [-0.2, -0.15) is 0 Å². The predicted octanol–water partition coefficient (Wildman–Crippen LogP) is 3.73. The van der Waals surface area contributed by atoms with E-state index in [1.165, 1.54) is 12.8 Å². The van der Waals surface area contributed by atoms with Crippen LogP contribution >= 0.6 is 0 Å². The highest BCUT2D eigenvalue weighted by atomic mass is 16.2. The van der Waals surface area contributed by atoms with Crippen LogP contribution in [-0.2, 0) is 11.3 Å². The van der Waals surface area contributed by atoms with E-state index in [-0.39, 0.29) is 0 Å². The van der Waals surface area contributed by atoms with Gasteiger partial charge < -0.3 is 10.6 Å². The number of nitrogens with two attached hydrogens (primary N) is 1. The van der Waals surface area contributed by atoms with Gasteiger partial charge in [0.05, 0.1) is 0 Å². The van der Waals surface area contributed by atoms with E-state index >= 15 is 0 Å². The number of rotatable bonds is 8. The summed E-state index contributed by atoms with van der Waals surface area (Å²) in [6.45, 7) is 2.86. The molecule has 2 rings (SSSR count). The number of carbonyl (C=O) groups is 1. The number of anilines is 1. The van der Waals surface area contributed by atoms with Crippen molar-refractivity contribution in [2.75, 3.05) is 5.73 Å². The highest BCUT2D eigenvalue weighted by molar-refractivity contribution is 5.77. The first-order valence-corrected chi connectivity index (χ1v) is 7.85. The highest BCUT2D eigenvalue weighted by Gasteiger charge is 2.32. The molecule has 1 amide bonds. The van der Waals surface area contributed by atoms with Crippen LogP contribution in [-0.4, -0.2) is 16.8 Å². The van der Waals surface area contributed by atoms with E-state index in [1.807, 2.05) is 29.2 Å². The molecule has 0 bridgehead atoms. The molecule has 0 aliphatic heterocycles. The maximum Gasteiger partial charge on any atom is 0.223 e. The summed E-state index contributed by atoms with van der Waals surface area (Å²) in [5.74, 6) is 0.298. The fourth-order valence-corrected chi connectivity index (χ4v) is 2.52. The zero-order valence-corrected chi connectivity index (χ0v) is 12.5. The first-order valence-electron chi connectivity index (χ1n) is 7.85. The maximum atomic E-state index is 12.4. The van der Waals surface area contributed by atoms with Gasteiger partial charge in [-0.05, 0) is 30.9 Å². The van der Waals surface area contributed by atoms with Gasteiger partial charge in [0.2, 0.25) is 5.91 Å². The van der Waals surface area contributed by atoms with Crippen molar-refractivity contribution in [1.82, 2.24) is 4.90 Å². The number of para-hydroxylation sites is 1. The van der Waals surface area contributed by atoms with Gasteiger partial charge in [-0.15, -0.1) is 0 Å². The van der Waals surface area contributed by atoms with Crippen LogP contribution in [0.25, 0.3) is 0 Å². The van der Waals surface area contributed by atoms with Gasteiger partial charge in [0.15, 0.2) is 0 Å². The van der Waals surface area contributed by atoms with Crippen molar-refractivity contribution in [2.24, 2.45) is 0 Å². The Morgan fingerprint density at radius 3 is 2.65 bits per heavy atom. The quantitative estimate of drug-likeness (QED) is 0.580. The summed E-state index contributed by atoms with van der Waals surface area (Å²) in [6, 6.07) is 8.31. The third-order valence-corrected chi connectivity index (χ3v) is 3.95. The summed E-state index contributed by atoms with van der Waals surface area (Å²) in [5, 5.41) is 0. The van der Waals surface area contributed by atoms with Gasteiger partial charge in [0.25, 0.3) is 0 Å². The maximum absolute atomic E-state index is 12.4. The largest absolute Gasteiger partial charge is 0.398 e. The van der Waals surface area contributed by atoms with E-state index < -0.39 is 0 Å². The zero-order chi connectivity index (χ0) is 14.4. The van der Waals surface area contributed by atoms with Crippen molar-refractivity contribution < 1.29 is 4.79 Å². The molecule has 1 fully saturated rings. The molecule has 0 unspecified atom stereocenters. The molecule has 1 saturated carbocycles. The summed E-state index contributed by atoms with van der Waals surface area (Å²) < 4.78 is 0. The van der Waals surface area contributed by atoms with E-state index in [0.717, 1.165) is 36.9 Å². The van der Waals surface area contributed by atoms with Gasteiger partial charge in [-0.1, -0.05) is 44.4 Å². The predicted molar refractivity (Wildman–Crippen MR) is 83.2 cm³/mol. The van der Waals surface area contributed by atoms with Gasteiger partial charge >= 0.3 is 0 Å². The lowest BCUT2D eigenvalue weighted by Crippen LogP contribution is -2.32. The molecule has 0 spiro atoms. The van der Waals surface area contributed by atoms with Crippen LogP contribution in [0.4, 0.5) is 5.69 Å². The smallest absolute Gasteiger partial charge is 0.223 e. The van der Waals surface area contributed by atoms with Crippen LogP contribution in [0.2, 0.25) is 0 Å². The number of hydrogen-bond acceptors (Lipinski definition) is 2. The molecule has 0 heterocycles.